The average molecular weight is 217 g/mol. The summed E-state index contributed by atoms with van der Waals surface area (Å²) < 4.78 is 1.73. The lowest BCUT2D eigenvalue weighted by Gasteiger charge is -2.07. The third-order valence-corrected chi connectivity index (χ3v) is 2.54. The molecule has 0 aliphatic carbocycles. The van der Waals surface area contributed by atoms with Crippen LogP contribution in [0.3, 0.4) is 0 Å². The zero-order chi connectivity index (χ0) is 11.7. The van der Waals surface area contributed by atoms with Gasteiger partial charge >= 0.3 is 5.97 Å². The van der Waals surface area contributed by atoms with Crippen molar-refractivity contribution in [1.82, 2.24) is 14.5 Å². The van der Waals surface area contributed by atoms with E-state index in [4.69, 9.17) is 5.11 Å². The van der Waals surface area contributed by atoms with Gasteiger partial charge in [-0.1, -0.05) is 0 Å². The Morgan fingerprint density at radius 1 is 1.44 bits per heavy atom. The van der Waals surface area contributed by atoms with Crippen molar-refractivity contribution >= 4 is 5.97 Å². The lowest BCUT2D eigenvalue weighted by molar-refractivity contribution is 0.0697. The Morgan fingerprint density at radius 3 is 2.75 bits per heavy atom. The number of aromatic nitrogens is 3. The minimum Gasteiger partial charge on any atom is -0.478 e. The molecular formula is C11H11N3O2. The van der Waals surface area contributed by atoms with Gasteiger partial charge in [0.15, 0.2) is 0 Å². The van der Waals surface area contributed by atoms with E-state index >= 15 is 0 Å². The summed E-state index contributed by atoms with van der Waals surface area (Å²) in [6.07, 6.45) is 4.60. The average Bonchev–Trinajstić information content (AvgIpc) is 2.60. The van der Waals surface area contributed by atoms with Gasteiger partial charge in [0.2, 0.25) is 0 Å². The molecule has 0 atom stereocenters. The summed E-state index contributed by atoms with van der Waals surface area (Å²) in [5.74, 6) is -0.969. The molecule has 2 aromatic rings. The minimum atomic E-state index is -0.969. The number of hydrogen-bond donors (Lipinski definition) is 1. The Bertz CT molecular complexity index is 546. The van der Waals surface area contributed by atoms with Crippen LogP contribution in [-0.4, -0.2) is 25.6 Å². The highest BCUT2D eigenvalue weighted by Crippen LogP contribution is 2.16. The first-order valence-corrected chi connectivity index (χ1v) is 4.79. The molecule has 0 saturated carbocycles. The molecule has 5 nitrogen and oxygen atoms in total. The van der Waals surface area contributed by atoms with E-state index < -0.39 is 5.97 Å². The summed E-state index contributed by atoms with van der Waals surface area (Å²) in [5.41, 5.74) is 2.54. The molecule has 0 bridgehead atoms. The van der Waals surface area contributed by atoms with E-state index in [2.05, 4.69) is 9.97 Å². The third-order valence-electron chi connectivity index (χ3n) is 2.54. The van der Waals surface area contributed by atoms with Crippen LogP contribution in [0.5, 0.6) is 0 Å². The van der Waals surface area contributed by atoms with Crippen LogP contribution in [0.2, 0.25) is 0 Å². The maximum Gasteiger partial charge on any atom is 0.337 e. The first-order chi connectivity index (χ1) is 7.61. The highest BCUT2D eigenvalue weighted by atomic mass is 16.4. The van der Waals surface area contributed by atoms with Crippen LogP contribution in [0, 0.1) is 13.8 Å². The maximum absolute atomic E-state index is 11.1. The first-order valence-electron chi connectivity index (χ1n) is 4.79. The molecule has 5 heteroatoms. The van der Waals surface area contributed by atoms with Gasteiger partial charge in [-0.25, -0.2) is 9.78 Å². The van der Waals surface area contributed by atoms with Gasteiger partial charge in [-0.15, -0.1) is 0 Å². The Labute approximate surface area is 92.4 Å². The number of aryl methyl sites for hydroxylation is 1. The zero-order valence-electron chi connectivity index (χ0n) is 9.01. The predicted octanol–water partition coefficient (Wildman–Crippen LogP) is 1.58. The fourth-order valence-corrected chi connectivity index (χ4v) is 1.50. The summed E-state index contributed by atoms with van der Waals surface area (Å²) in [5, 5.41) is 9.06. The highest BCUT2D eigenvalue weighted by molar-refractivity contribution is 5.91. The van der Waals surface area contributed by atoms with Crippen molar-refractivity contribution in [1.29, 1.82) is 0 Å². The van der Waals surface area contributed by atoms with Crippen LogP contribution in [0.4, 0.5) is 0 Å². The van der Waals surface area contributed by atoms with Crippen LogP contribution in [-0.2, 0) is 0 Å². The molecule has 0 unspecified atom stereocenters. The lowest BCUT2D eigenvalue weighted by Crippen LogP contribution is -2.06. The first kappa shape index (κ1) is 10.4. The molecule has 0 aromatic carbocycles. The molecule has 0 fully saturated rings. The Morgan fingerprint density at radius 2 is 2.19 bits per heavy atom. The highest BCUT2D eigenvalue weighted by Gasteiger charge is 2.13. The smallest absolute Gasteiger partial charge is 0.337 e. The van der Waals surface area contributed by atoms with Crippen LogP contribution in [0.15, 0.2) is 24.8 Å². The summed E-state index contributed by atoms with van der Waals surface area (Å²) in [6, 6.07) is 1.48. The number of carboxylic acids is 1. The van der Waals surface area contributed by atoms with E-state index in [9.17, 15) is 4.79 Å². The lowest BCUT2D eigenvalue weighted by atomic mass is 10.2. The second-order valence-corrected chi connectivity index (χ2v) is 3.48. The fourth-order valence-electron chi connectivity index (χ4n) is 1.50. The third kappa shape index (κ3) is 1.56. The second kappa shape index (κ2) is 3.77. The van der Waals surface area contributed by atoms with Crippen LogP contribution < -0.4 is 0 Å². The van der Waals surface area contributed by atoms with Gasteiger partial charge in [-0.05, 0) is 19.9 Å². The zero-order valence-corrected chi connectivity index (χ0v) is 9.01. The summed E-state index contributed by atoms with van der Waals surface area (Å²) in [4.78, 5) is 19.1. The van der Waals surface area contributed by atoms with Gasteiger partial charge < -0.3 is 9.67 Å². The number of imidazole rings is 1. The van der Waals surface area contributed by atoms with Crippen molar-refractivity contribution < 1.29 is 9.90 Å². The number of carbonyl (C=O) groups is 1. The molecule has 0 radical (unpaired) electrons. The van der Waals surface area contributed by atoms with E-state index in [1.165, 1.54) is 18.5 Å². The molecule has 82 valence electrons. The Hall–Kier alpha value is -2.17. The SMILES string of the molecule is Cc1ncn(-c2cnccc2C(=O)O)c1C. The normalized spacial score (nSPS) is 10.4. The molecule has 2 rings (SSSR count). The molecule has 0 aliphatic rings. The van der Waals surface area contributed by atoms with Crippen molar-refractivity contribution in [3.8, 4) is 5.69 Å². The molecule has 2 heterocycles. The molecule has 2 aromatic heterocycles. The fraction of sp³-hybridized carbons (Fsp3) is 0.182. The van der Waals surface area contributed by atoms with Crippen molar-refractivity contribution in [2.45, 2.75) is 13.8 Å². The monoisotopic (exact) mass is 217 g/mol. The van der Waals surface area contributed by atoms with Crippen molar-refractivity contribution in [2.24, 2.45) is 0 Å². The van der Waals surface area contributed by atoms with Crippen molar-refractivity contribution in [2.75, 3.05) is 0 Å². The Kier molecular flexibility index (Phi) is 2.44. The summed E-state index contributed by atoms with van der Waals surface area (Å²) in [6.45, 7) is 3.77. The predicted molar refractivity (Wildman–Crippen MR) is 57.8 cm³/mol. The molecular weight excluding hydrogens is 206 g/mol. The number of aromatic carboxylic acids is 1. The largest absolute Gasteiger partial charge is 0.478 e. The van der Waals surface area contributed by atoms with E-state index in [0.717, 1.165) is 11.4 Å². The van der Waals surface area contributed by atoms with Gasteiger partial charge in [-0.3, -0.25) is 4.98 Å². The van der Waals surface area contributed by atoms with Crippen LogP contribution in [0.25, 0.3) is 5.69 Å². The van der Waals surface area contributed by atoms with Gasteiger partial charge in [0.1, 0.15) is 0 Å². The van der Waals surface area contributed by atoms with Gasteiger partial charge in [0.25, 0.3) is 0 Å². The molecule has 1 N–H and O–H groups in total. The van der Waals surface area contributed by atoms with Gasteiger partial charge in [-0.2, -0.15) is 0 Å². The number of rotatable bonds is 2. The molecule has 0 spiro atoms. The van der Waals surface area contributed by atoms with Crippen molar-refractivity contribution in [3.63, 3.8) is 0 Å². The van der Waals surface area contributed by atoms with E-state index in [0.29, 0.717) is 5.69 Å². The van der Waals surface area contributed by atoms with Crippen LogP contribution in [0.1, 0.15) is 21.7 Å². The standard InChI is InChI=1S/C11H11N3O2/c1-7-8(2)14(6-13-7)10-5-12-4-3-9(10)11(15)16/h3-6H,1-2H3,(H,15,16). The molecule has 0 aliphatic heterocycles. The molecule has 0 amide bonds. The number of nitrogens with zero attached hydrogens (tertiary/aromatic N) is 3. The molecule has 16 heavy (non-hydrogen) atoms. The second-order valence-electron chi connectivity index (χ2n) is 3.48. The quantitative estimate of drug-likeness (QED) is 0.829. The van der Waals surface area contributed by atoms with Crippen molar-refractivity contribution in [3.05, 3.63) is 41.7 Å². The minimum absolute atomic E-state index is 0.218. The number of hydrogen-bond acceptors (Lipinski definition) is 3. The summed E-state index contributed by atoms with van der Waals surface area (Å²) >= 11 is 0. The topological polar surface area (TPSA) is 68.0 Å². The number of pyridine rings is 1. The van der Waals surface area contributed by atoms with Gasteiger partial charge in [0, 0.05) is 11.9 Å². The van der Waals surface area contributed by atoms with E-state index in [-0.39, 0.29) is 5.56 Å². The van der Waals surface area contributed by atoms with E-state index in [1.807, 2.05) is 13.8 Å². The van der Waals surface area contributed by atoms with Crippen LogP contribution >= 0.6 is 0 Å². The number of carboxylic acid groups (broad SMARTS) is 1. The maximum atomic E-state index is 11.1. The Balaban J connectivity index is 2.64. The molecule has 0 saturated heterocycles. The summed E-state index contributed by atoms with van der Waals surface area (Å²) in [7, 11) is 0. The van der Waals surface area contributed by atoms with Gasteiger partial charge in [0.05, 0.1) is 29.5 Å². The van der Waals surface area contributed by atoms with E-state index in [1.54, 1.807) is 10.9 Å².